The first kappa shape index (κ1) is 22.6. The molecule has 0 saturated carbocycles. The van der Waals surface area contributed by atoms with Gasteiger partial charge in [0, 0.05) is 49.7 Å². The maximum Gasteiger partial charge on any atom is 0.408 e. The molecule has 12 heteroatoms. The van der Waals surface area contributed by atoms with Crippen molar-refractivity contribution in [2.45, 2.75) is 57.4 Å². The summed E-state index contributed by atoms with van der Waals surface area (Å²) in [5.74, 6) is 0.402. The molecule has 0 radical (unpaired) electrons. The summed E-state index contributed by atoms with van der Waals surface area (Å²) in [4.78, 5) is 21.9. The molecule has 2 aliphatic heterocycles. The second-order valence-corrected chi connectivity index (χ2v) is 9.11. The Kier molecular flexibility index (Phi) is 5.70. The average Bonchev–Trinajstić information content (AvgIpc) is 3.51. The molecule has 0 bridgehead atoms. The highest BCUT2D eigenvalue weighted by molar-refractivity contribution is 5.93. The van der Waals surface area contributed by atoms with Crippen LogP contribution in [-0.2, 0) is 6.54 Å². The highest BCUT2D eigenvalue weighted by Crippen LogP contribution is 2.33. The molecule has 0 aromatic carbocycles. The monoisotopic (exact) mass is 476 g/mol. The van der Waals surface area contributed by atoms with Crippen molar-refractivity contribution in [3.8, 4) is 0 Å². The lowest BCUT2D eigenvalue weighted by atomic mass is 9.99. The van der Waals surface area contributed by atoms with Crippen LogP contribution in [0.5, 0.6) is 0 Å². The summed E-state index contributed by atoms with van der Waals surface area (Å²) in [5, 5.41) is 8.41. The first-order valence-corrected chi connectivity index (χ1v) is 11.5. The fourth-order valence-corrected chi connectivity index (χ4v) is 4.92. The molecule has 2 N–H and O–H groups in total. The molecule has 2 atom stereocenters. The first-order chi connectivity index (χ1) is 16.2. The summed E-state index contributed by atoms with van der Waals surface area (Å²) in [7, 11) is 0. The Balaban J connectivity index is 1.44. The summed E-state index contributed by atoms with van der Waals surface area (Å²) < 4.78 is 41.3. The van der Waals surface area contributed by atoms with Gasteiger partial charge in [0.25, 0.3) is 5.91 Å². The number of alkyl halides is 3. The number of carbonyl (C=O) groups is 1. The van der Waals surface area contributed by atoms with E-state index in [0.717, 1.165) is 48.4 Å². The minimum Gasteiger partial charge on any atom is -0.355 e. The first-order valence-electron chi connectivity index (χ1n) is 11.5. The van der Waals surface area contributed by atoms with Crippen LogP contribution in [0.4, 0.5) is 19.0 Å². The van der Waals surface area contributed by atoms with Gasteiger partial charge < -0.3 is 15.5 Å². The summed E-state index contributed by atoms with van der Waals surface area (Å²) in [6, 6.07) is 2.98. The quantitative estimate of drug-likeness (QED) is 0.622. The van der Waals surface area contributed by atoms with E-state index in [0.29, 0.717) is 24.3 Å². The third-order valence-electron chi connectivity index (χ3n) is 6.52. The van der Waals surface area contributed by atoms with E-state index in [1.807, 2.05) is 19.2 Å². The number of carbonyl (C=O) groups excluding carboxylic acids is 1. The number of aryl methyl sites for hydroxylation is 1. The third-order valence-corrected chi connectivity index (χ3v) is 6.52. The second kappa shape index (κ2) is 8.57. The van der Waals surface area contributed by atoms with Crippen molar-refractivity contribution in [3.63, 3.8) is 0 Å². The van der Waals surface area contributed by atoms with Gasteiger partial charge in [-0.15, -0.1) is 0 Å². The van der Waals surface area contributed by atoms with Crippen LogP contribution < -0.4 is 10.6 Å². The van der Waals surface area contributed by atoms with Gasteiger partial charge in [-0.25, -0.2) is 9.50 Å². The summed E-state index contributed by atoms with van der Waals surface area (Å²) >= 11 is 0. The predicted octanol–water partition coefficient (Wildman–Crippen LogP) is 2.70. The predicted molar refractivity (Wildman–Crippen MR) is 118 cm³/mol. The number of hydrogen-bond donors (Lipinski definition) is 1. The Labute approximate surface area is 194 Å². The van der Waals surface area contributed by atoms with E-state index in [2.05, 4.69) is 10.00 Å². The number of fused-ring (bicyclic) bond motifs is 1. The number of rotatable bonds is 4. The van der Waals surface area contributed by atoms with Crippen molar-refractivity contribution >= 4 is 17.4 Å². The summed E-state index contributed by atoms with van der Waals surface area (Å²) in [6.45, 7) is 2.72. The Morgan fingerprint density at radius 1 is 1.24 bits per heavy atom. The van der Waals surface area contributed by atoms with Gasteiger partial charge in [-0.3, -0.25) is 9.48 Å². The van der Waals surface area contributed by atoms with Gasteiger partial charge in [0.2, 0.25) is 0 Å². The van der Waals surface area contributed by atoms with E-state index in [1.165, 1.54) is 12.3 Å². The molecule has 2 aliphatic rings. The Morgan fingerprint density at radius 2 is 2.06 bits per heavy atom. The number of halogens is 3. The second-order valence-electron chi connectivity index (χ2n) is 9.11. The number of likely N-dealkylation sites (tertiary alicyclic amines) is 1. The molecule has 3 aromatic rings. The van der Waals surface area contributed by atoms with E-state index in [1.54, 1.807) is 9.42 Å². The molecular weight excluding hydrogens is 449 g/mol. The molecule has 0 aliphatic carbocycles. The van der Waals surface area contributed by atoms with E-state index in [4.69, 9.17) is 15.8 Å². The van der Waals surface area contributed by atoms with Crippen LogP contribution in [-0.4, -0.2) is 67.0 Å². The maximum atomic E-state index is 13.3. The van der Waals surface area contributed by atoms with Crippen LogP contribution in [0.1, 0.15) is 53.5 Å². The smallest absolute Gasteiger partial charge is 0.355 e. The van der Waals surface area contributed by atoms with Crippen LogP contribution in [0, 0.1) is 6.92 Å². The lowest BCUT2D eigenvalue weighted by Crippen LogP contribution is -2.40. The maximum absolute atomic E-state index is 13.3. The van der Waals surface area contributed by atoms with E-state index in [9.17, 15) is 18.0 Å². The molecule has 3 aromatic heterocycles. The number of amides is 1. The molecule has 2 fully saturated rings. The van der Waals surface area contributed by atoms with Crippen molar-refractivity contribution in [2.75, 3.05) is 24.5 Å². The SMILES string of the molecule is Cc1cn2nc(C3CCCCN3C(=O)c3ccnn3CC(F)(F)F)cc2nc1N1CCC(N)C1. The van der Waals surface area contributed by atoms with Gasteiger partial charge in [-0.1, -0.05) is 0 Å². The van der Waals surface area contributed by atoms with Crippen LogP contribution in [0.3, 0.4) is 0 Å². The zero-order chi connectivity index (χ0) is 24.0. The normalized spacial score (nSPS) is 21.6. The van der Waals surface area contributed by atoms with Crippen molar-refractivity contribution < 1.29 is 18.0 Å². The van der Waals surface area contributed by atoms with Crippen LogP contribution in [0.25, 0.3) is 5.65 Å². The third kappa shape index (κ3) is 4.33. The summed E-state index contributed by atoms with van der Waals surface area (Å²) in [6.07, 6.45) is 1.94. The fraction of sp³-hybridized carbons (Fsp3) is 0.545. The van der Waals surface area contributed by atoms with Crippen molar-refractivity contribution in [1.82, 2.24) is 29.3 Å². The molecule has 5 heterocycles. The zero-order valence-corrected chi connectivity index (χ0v) is 18.9. The molecule has 2 saturated heterocycles. The molecule has 0 spiro atoms. The standard InChI is InChI=1S/C22H27F3N8O/c1-14-11-32-19(28-20(14)30-9-6-15(26)12-30)10-16(29-32)17-4-2-3-8-31(17)21(34)18-5-7-27-33(18)13-22(23,24)25/h5,7,10-11,15,17H,2-4,6,8-9,12-13,26H2,1H3. The van der Waals surface area contributed by atoms with Crippen molar-refractivity contribution in [3.05, 3.63) is 41.5 Å². The number of hydrogen-bond acceptors (Lipinski definition) is 6. The Hall–Kier alpha value is -3.15. The summed E-state index contributed by atoms with van der Waals surface area (Å²) in [5.41, 5.74) is 8.30. The Bertz CT molecular complexity index is 1200. The van der Waals surface area contributed by atoms with Gasteiger partial charge in [0.1, 0.15) is 18.1 Å². The van der Waals surface area contributed by atoms with Gasteiger partial charge in [0.15, 0.2) is 5.65 Å². The van der Waals surface area contributed by atoms with Crippen LogP contribution in [0.2, 0.25) is 0 Å². The molecule has 2 unspecified atom stereocenters. The van der Waals surface area contributed by atoms with Gasteiger partial charge in [-0.2, -0.15) is 23.4 Å². The van der Waals surface area contributed by atoms with Gasteiger partial charge >= 0.3 is 6.18 Å². The number of nitrogens with two attached hydrogens (primary N) is 1. The lowest BCUT2D eigenvalue weighted by Gasteiger charge is -2.34. The molecule has 182 valence electrons. The number of aromatic nitrogens is 5. The number of anilines is 1. The highest BCUT2D eigenvalue weighted by Gasteiger charge is 2.35. The molecule has 5 rings (SSSR count). The number of nitrogens with zero attached hydrogens (tertiary/aromatic N) is 7. The molecule has 1 amide bonds. The van der Waals surface area contributed by atoms with Gasteiger partial charge in [0.05, 0.1) is 11.7 Å². The fourth-order valence-electron chi connectivity index (χ4n) is 4.92. The zero-order valence-electron chi connectivity index (χ0n) is 18.9. The van der Waals surface area contributed by atoms with E-state index < -0.39 is 18.6 Å². The van der Waals surface area contributed by atoms with Crippen molar-refractivity contribution in [1.29, 1.82) is 0 Å². The largest absolute Gasteiger partial charge is 0.408 e. The molecule has 34 heavy (non-hydrogen) atoms. The molecular formula is C22H27F3N8O. The van der Waals surface area contributed by atoms with Gasteiger partial charge in [-0.05, 0) is 38.7 Å². The highest BCUT2D eigenvalue weighted by atomic mass is 19.4. The van der Waals surface area contributed by atoms with Crippen molar-refractivity contribution in [2.24, 2.45) is 5.73 Å². The van der Waals surface area contributed by atoms with E-state index >= 15 is 0 Å². The van der Waals surface area contributed by atoms with E-state index in [-0.39, 0.29) is 17.8 Å². The minimum atomic E-state index is -4.47. The molecule has 9 nitrogen and oxygen atoms in total. The lowest BCUT2D eigenvalue weighted by molar-refractivity contribution is -0.142. The Morgan fingerprint density at radius 3 is 2.79 bits per heavy atom. The topological polar surface area (TPSA) is 97.6 Å². The number of piperidine rings is 1. The minimum absolute atomic E-state index is 0.0744. The average molecular weight is 477 g/mol. The van der Waals surface area contributed by atoms with Crippen LogP contribution in [0.15, 0.2) is 24.5 Å². The van der Waals surface area contributed by atoms with Crippen LogP contribution >= 0.6 is 0 Å².